The Kier molecular flexibility index (Phi) is 5.14. The highest BCUT2D eigenvalue weighted by Crippen LogP contribution is 2.29. The van der Waals surface area contributed by atoms with E-state index < -0.39 is 0 Å². The van der Waals surface area contributed by atoms with E-state index in [-0.39, 0.29) is 12.0 Å². The number of ether oxygens (including phenoxy) is 1. The molecule has 3 saturated heterocycles. The van der Waals surface area contributed by atoms with Gasteiger partial charge in [0.15, 0.2) is 0 Å². The Morgan fingerprint density at radius 2 is 2.05 bits per heavy atom. The maximum absolute atomic E-state index is 12.2. The average Bonchev–Trinajstić information content (AvgIpc) is 3.12. The lowest BCUT2D eigenvalue weighted by Crippen LogP contribution is -2.51. The molecule has 0 aromatic rings. The van der Waals surface area contributed by atoms with Crippen molar-refractivity contribution >= 4 is 5.91 Å². The Morgan fingerprint density at radius 1 is 1.29 bits per heavy atom. The summed E-state index contributed by atoms with van der Waals surface area (Å²) in [5.41, 5.74) is 0. The molecule has 120 valence electrons. The fourth-order valence-electron chi connectivity index (χ4n) is 4.10. The summed E-state index contributed by atoms with van der Waals surface area (Å²) in [5.74, 6) is 0.151. The van der Waals surface area contributed by atoms with E-state index in [1.165, 1.54) is 25.7 Å². The van der Waals surface area contributed by atoms with Gasteiger partial charge in [-0.2, -0.15) is 0 Å². The third-order valence-corrected chi connectivity index (χ3v) is 5.27. The molecule has 21 heavy (non-hydrogen) atoms. The predicted molar refractivity (Wildman–Crippen MR) is 82.2 cm³/mol. The highest BCUT2D eigenvalue weighted by molar-refractivity contribution is 5.78. The molecular weight excluding hydrogens is 266 g/mol. The number of hydrogen-bond donors (Lipinski definition) is 2. The van der Waals surface area contributed by atoms with Gasteiger partial charge in [0, 0.05) is 31.3 Å². The highest BCUT2D eigenvalue weighted by Gasteiger charge is 2.36. The van der Waals surface area contributed by atoms with Crippen molar-refractivity contribution < 1.29 is 9.53 Å². The van der Waals surface area contributed by atoms with E-state index in [4.69, 9.17) is 4.74 Å². The molecule has 0 saturated carbocycles. The Labute approximate surface area is 127 Å². The van der Waals surface area contributed by atoms with Crippen molar-refractivity contribution in [3.05, 3.63) is 0 Å². The first-order chi connectivity index (χ1) is 10.2. The zero-order chi connectivity index (χ0) is 14.7. The van der Waals surface area contributed by atoms with Gasteiger partial charge >= 0.3 is 0 Å². The van der Waals surface area contributed by atoms with E-state index >= 15 is 0 Å². The molecule has 0 spiro atoms. The molecule has 3 fully saturated rings. The molecule has 0 aromatic carbocycles. The van der Waals surface area contributed by atoms with Crippen LogP contribution in [0.25, 0.3) is 0 Å². The Balaban J connectivity index is 1.43. The standard InChI is InChI=1S/C16H29N3O2/c1-2-19(14-8-12-5-6-13(9-14)18-12)11-16(20)17-10-15-4-3-7-21-15/h12-15,18H,2-11H2,1H3,(H,17,20). The first-order valence-electron chi connectivity index (χ1n) is 8.63. The number of rotatable bonds is 6. The van der Waals surface area contributed by atoms with Gasteiger partial charge in [-0.15, -0.1) is 0 Å². The second-order valence-corrected chi connectivity index (χ2v) is 6.77. The summed E-state index contributed by atoms with van der Waals surface area (Å²) in [6.45, 7) is 5.18. The van der Waals surface area contributed by atoms with Gasteiger partial charge in [0.25, 0.3) is 0 Å². The van der Waals surface area contributed by atoms with Crippen molar-refractivity contribution in [1.29, 1.82) is 0 Å². The third-order valence-electron chi connectivity index (χ3n) is 5.27. The number of carbonyl (C=O) groups is 1. The fraction of sp³-hybridized carbons (Fsp3) is 0.938. The fourth-order valence-corrected chi connectivity index (χ4v) is 4.10. The van der Waals surface area contributed by atoms with Gasteiger partial charge in [0.2, 0.25) is 5.91 Å². The lowest BCUT2D eigenvalue weighted by Gasteiger charge is -2.36. The van der Waals surface area contributed by atoms with Crippen molar-refractivity contribution in [2.45, 2.75) is 69.7 Å². The van der Waals surface area contributed by atoms with E-state index in [1.807, 2.05) is 0 Å². The monoisotopic (exact) mass is 295 g/mol. The molecule has 2 bridgehead atoms. The SMILES string of the molecule is CCN(CC(=O)NCC1CCCO1)C1CC2CCC(C1)N2. The predicted octanol–water partition coefficient (Wildman–Crippen LogP) is 0.887. The zero-order valence-corrected chi connectivity index (χ0v) is 13.1. The van der Waals surface area contributed by atoms with Gasteiger partial charge in [-0.1, -0.05) is 6.92 Å². The summed E-state index contributed by atoms with van der Waals surface area (Å²) >= 11 is 0. The van der Waals surface area contributed by atoms with Crippen LogP contribution < -0.4 is 10.6 Å². The van der Waals surface area contributed by atoms with Crippen LogP contribution in [-0.2, 0) is 9.53 Å². The highest BCUT2D eigenvalue weighted by atomic mass is 16.5. The number of amides is 1. The lowest BCUT2D eigenvalue weighted by molar-refractivity contribution is -0.123. The first kappa shape index (κ1) is 15.3. The Morgan fingerprint density at radius 3 is 2.67 bits per heavy atom. The van der Waals surface area contributed by atoms with Gasteiger partial charge < -0.3 is 15.4 Å². The van der Waals surface area contributed by atoms with Gasteiger partial charge in [0.05, 0.1) is 12.6 Å². The Bertz CT molecular complexity index is 345. The number of nitrogens with one attached hydrogen (secondary N) is 2. The van der Waals surface area contributed by atoms with Crippen LogP contribution >= 0.6 is 0 Å². The molecule has 0 radical (unpaired) electrons. The van der Waals surface area contributed by atoms with Gasteiger partial charge in [-0.3, -0.25) is 9.69 Å². The first-order valence-corrected chi connectivity index (χ1v) is 8.63. The summed E-state index contributed by atoms with van der Waals surface area (Å²) < 4.78 is 5.55. The van der Waals surface area contributed by atoms with Crippen molar-refractivity contribution in [1.82, 2.24) is 15.5 Å². The van der Waals surface area contributed by atoms with Crippen LogP contribution in [0, 0.1) is 0 Å². The molecule has 3 atom stereocenters. The van der Waals surface area contributed by atoms with Crippen LogP contribution in [0.5, 0.6) is 0 Å². The summed E-state index contributed by atoms with van der Waals surface area (Å²) in [5, 5.41) is 6.72. The largest absolute Gasteiger partial charge is 0.376 e. The van der Waals surface area contributed by atoms with Crippen LogP contribution in [0.4, 0.5) is 0 Å². The molecule has 3 unspecified atom stereocenters. The van der Waals surface area contributed by atoms with E-state index in [1.54, 1.807) is 0 Å². The van der Waals surface area contributed by atoms with Gasteiger partial charge in [0.1, 0.15) is 0 Å². The quantitative estimate of drug-likeness (QED) is 0.764. The van der Waals surface area contributed by atoms with Crippen molar-refractivity contribution in [2.24, 2.45) is 0 Å². The molecule has 3 aliphatic heterocycles. The normalized spacial score (nSPS) is 35.3. The van der Waals surface area contributed by atoms with Crippen molar-refractivity contribution in [3.63, 3.8) is 0 Å². The van der Waals surface area contributed by atoms with E-state index in [0.717, 1.165) is 26.0 Å². The Hall–Kier alpha value is -0.650. The molecule has 5 nitrogen and oxygen atoms in total. The molecule has 5 heteroatoms. The average molecular weight is 295 g/mol. The summed E-state index contributed by atoms with van der Waals surface area (Å²) in [7, 11) is 0. The summed E-state index contributed by atoms with van der Waals surface area (Å²) in [6, 6.07) is 1.93. The number of likely N-dealkylation sites (N-methyl/N-ethyl adjacent to an activating group) is 1. The van der Waals surface area contributed by atoms with Gasteiger partial charge in [-0.05, 0) is 45.1 Å². The van der Waals surface area contributed by atoms with Crippen molar-refractivity contribution in [3.8, 4) is 0 Å². The lowest BCUT2D eigenvalue weighted by atomic mass is 9.98. The van der Waals surface area contributed by atoms with E-state index in [9.17, 15) is 4.79 Å². The number of carbonyl (C=O) groups excluding carboxylic acids is 1. The van der Waals surface area contributed by atoms with Crippen LogP contribution in [0.2, 0.25) is 0 Å². The van der Waals surface area contributed by atoms with Crippen molar-refractivity contribution in [2.75, 3.05) is 26.2 Å². The molecule has 3 heterocycles. The van der Waals surface area contributed by atoms with Gasteiger partial charge in [-0.25, -0.2) is 0 Å². The molecule has 2 N–H and O–H groups in total. The molecule has 0 aromatic heterocycles. The number of piperidine rings is 1. The topological polar surface area (TPSA) is 53.6 Å². The number of nitrogens with zero attached hydrogens (tertiary/aromatic N) is 1. The molecule has 3 rings (SSSR count). The van der Waals surface area contributed by atoms with Crippen LogP contribution in [-0.4, -0.2) is 61.3 Å². The van der Waals surface area contributed by atoms with E-state index in [0.29, 0.717) is 31.2 Å². The maximum Gasteiger partial charge on any atom is 0.234 e. The molecule has 3 aliphatic rings. The van der Waals surface area contributed by atoms with Crippen LogP contribution in [0.15, 0.2) is 0 Å². The molecule has 0 aliphatic carbocycles. The molecular formula is C16H29N3O2. The summed E-state index contributed by atoms with van der Waals surface area (Å²) in [4.78, 5) is 14.5. The number of fused-ring (bicyclic) bond motifs is 2. The smallest absolute Gasteiger partial charge is 0.234 e. The minimum Gasteiger partial charge on any atom is -0.376 e. The van der Waals surface area contributed by atoms with E-state index in [2.05, 4.69) is 22.5 Å². The zero-order valence-electron chi connectivity index (χ0n) is 13.1. The van der Waals surface area contributed by atoms with Crippen LogP contribution in [0.1, 0.15) is 45.4 Å². The minimum absolute atomic E-state index is 0.151. The second-order valence-electron chi connectivity index (χ2n) is 6.77. The van der Waals surface area contributed by atoms with Crippen LogP contribution in [0.3, 0.4) is 0 Å². The second kappa shape index (κ2) is 7.07. The third kappa shape index (κ3) is 3.96. The number of hydrogen-bond acceptors (Lipinski definition) is 4. The maximum atomic E-state index is 12.2. The molecule has 1 amide bonds. The summed E-state index contributed by atoms with van der Waals surface area (Å²) in [6.07, 6.45) is 7.45. The minimum atomic E-state index is 0.151.